The lowest BCUT2D eigenvalue weighted by molar-refractivity contribution is -0.117. The molecule has 0 bridgehead atoms. The minimum Gasteiger partial charge on any atom is -0.326 e. The summed E-state index contributed by atoms with van der Waals surface area (Å²) < 4.78 is 0. The van der Waals surface area contributed by atoms with Gasteiger partial charge < -0.3 is 10.2 Å². The molecule has 1 aromatic heterocycles. The van der Waals surface area contributed by atoms with Gasteiger partial charge in [0.25, 0.3) is 5.91 Å². The van der Waals surface area contributed by atoms with Crippen LogP contribution in [-0.2, 0) is 4.79 Å². The molecule has 0 radical (unpaired) electrons. The van der Waals surface area contributed by atoms with E-state index in [1.807, 2.05) is 0 Å². The van der Waals surface area contributed by atoms with Crippen LogP contribution in [0.2, 0.25) is 10.0 Å². The number of benzene rings is 1. The Morgan fingerprint density at radius 2 is 1.85 bits per heavy atom. The molecule has 1 aliphatic rings. The summed E-state index contributed by atoms with van der Waals surface area (Å²) in [5.41, 5.74) is 0.398. The van der Waals surface area contributed by atoms with Crippen molar-refractivity contribution in [2.24, 2.45) is 0 Å². The van der Waals surface area contributed by atoms with Crippen LogP contribution in [0.4, 0.5) is 5.13 Å². The maximum atomic E-state index is 13.1. The Labute approximate surface area is 166 Å². The van der Waals surface area contributed by atoms with Crippen molar-refractivity contribution in [3.63, 3.8) is 0 Å². The van der Waals surface area contributed by atoms with Gasteiger partial charge in [-0.1, -0.05) is 42.5 Å². The predicted octanol–water partition coefficient (Wildman–Crippen LogP) is 4.86. The summed E-state index contributed by atoms with van der Waals surface area (Å²) in [5, 5.41) is 5.85. The number of amides is 2. The molecule has 26 heavy (non-hydrogen) atoms. The zero-order valence-electron chi connectivity index (χ0n) is 14.1. The van der Waals surface area contributed by atoms with Crippen LogP contribution in [0.3, 0.4) is 0 Å². The van der Waals surface area contributed by atoms with Gasteiger partial charge in [-0.2, -0.15) is 0 Å². The van der Waals surface area contributed by atoms with Crippen LogP contribution in [0.1, 0.15) is 42.5 Å². The zero-order valence-corrected chi connectivity index (χ0v) is 16.4. The molecule has 1 N–H and O–H groups in total. The summed E-state index contributed by atoms with van der Waals surface area (Å²) in [7, 11) is 0. The number of hydrogen-bond acceptors (Lipinski definition) is 4. The molecule has 1 aromatic carbocycles. The van der Waals surface area contributed by atoms with Crippen molar-refractivity contribution >= 4 is 51.5 Å². The number of carbonyl (C=O) groups is 2. The molecule has 3 rings (SSSR count). The van der Waals surface area contributed by atoms with Gasteiger partial charge in [-0.25, -0.2) is 4.98 Å². The zero-order chi connectivity index (χ0) is 18.5. The fourth-order valence-electron chi connectivity index (χ4n) is 3.20. The molecular weight excluding hydrogens is 393 g/mol. The molecule has 1 heterocycles. The quantitative estimate of drug-likeness (QED) is 0.763. The van der Waals surface area contributed by atoms with E-state index < -0.39 is 0 Å². The summed E-state index contributed by atoms with van der Waals surface area (Å²) in [5.74, 6) is -0.484. The van der Waals surface area contributed by atoms with Gasteiger partial charge in [-0.3, -0.25) is 9.59 Å². The smallest absolute Gasteiger partial charge is 0.254 e. The third-order valence-corrected chi connectivity index (χ3v) is 5.50. The van der Waals surface area contributed by atoms with E-state index in [2.05, 4.69) is 10.3 Å². The van der Waals surface area contributed by atoms with E-state index in [-0.39, 0.29) is 24.4 Å². The van der Waals surface area contributed by atoms with Gasteiger partial charge in [0.15, 0.2) is 5.13 Å². The summed E-state index contributed by atoms with van der Waals surface area (Å²) in [4.78, 5) is 31.2. The lowest BCUT2D eigenvalue weighted by Gasteiger charge is -2.34. The first-order valence-corrected chi connectivity index (χ1v) is 10.1. The molecule has 0 aliphatic heterocycles. The molecule has 0 spiro atoms. The van der Waals surface area contributed by atoms with Gasteiger partial charge in [0.2, 0.25) is 5.91 Å². The largest absolute Gasteiger partial charge is 0.326 e. The summed E-state index contributed by atoms with van der Waals surface area (Å²) >= 11 is 13.4. The van der Waals surface area contributed by atoms with Crippen LogP contribution in [0.15, 0.2) is 29.8 Å². The van der Waals surface area contributed by atoms with E-state index in [1.54, 1.807) is 34.7 Å². The second-order valence-corrected chi connectivity index (χ2v) is 8.04. The van der Waals surface area contributed by atoms with Crippen LogP contribution in [-0.4, -0.2) is 34.3 Å². The molecule has 1 fully saturated rings. The Morgan fingerprint density at radius 1 is 1.15 bits per heavy atom. The van der Waals surface area contributed by atoms with Crippen LogP contribution in [0, 0.1) is 0 Å². The highest BCUT2D eigenvalue weighted by atomic mass is 35.5. The van der Waals surface area contributed by atoms with Crippen molar-refractivity contribution in [3.8, 4) is 0 Å². The topological polar surface area (TPSA) is 62.3 Å². The number of nitrogens with one attached hydrogen (secondary N) is 1. The van der Waals surface area contributed by atoms with E-state index >= 15 is 0 Å². The molecule has 1 aliphatic carbocycles. The van der Waals surface area contributed by atoms with Gasteiger partial charge in [0.05, 0.1) is 0 Å². The van der Waals surface area contributed by atoms with Crippen molar-refractivity contribution in [1.29, 1.82) is 0 Å². The number of carbonyl (C=O) groups excluding carboxylic acids is 2. The number of anilines is 1. The Morgan fingerprint density at radius 3 is 2.46 bits per heavy atom. The Kier molecular flexibility index (Phi) is 6.51. The predicted molar refractivity (Wildman–Crippen MR) is 105 cm³/mol. The maximum absolute atomic E-state index is 13.1. The first-order chi connectivity index (χ1) is 12.5. The van der Waals surface area contributed by atoms with Gasteiger partial charge in [0, 0.05) is 33.2 Å². The van der Waals surface area contributed by atoms with E-state index in [0.29, 0.717) is 20.7 Å². The summed E-state index contributed by atoms with van der Waals surface area (Å²) in [6.07, 6.45) is 6.68. The molecule has 138 valence electrons. The molecule has 5 nitrogen and oxygen atoms in total. The number of thiazole rings is 1. The number of halogens is 2. The second-order valence-electron chi connectivity index (χ2n) is 6.27. The lowest BCUT2D eigenvalue weighted by Crippen LogP contribution is -2.45. The minimum atomic E-state index is -0.257. The first-order valence-electron chi connectivity index (χ1n) is 8.49. The maximum Gasteiger partial charge on any atom is 0.254 e. The Hall–Kier alpha value is -1.63. The number of aromatic nitrogens is 1. The average molecular weight is 412 g/mol. The van der Waals surface area contributed by atoms with Gasteiger partial charge >= 0.3 is 0 Å². The van der Waals surface area contributed by atoms with Crippen molar-refractivity contribution < 1.29 is 9.59 Å². The van der Waals surface area contributed by atoms with E-state index in [9.17, 15) is 9.59 Å². The molecule has 0 unspecified atom stereocenters. The van der Waals surface area contributed by atoms with E-state index in [0.717, 1.165) is 32.1 Å². The molecule has 8 heteroatoms. The highest BCUT2D eigenvalue weighted by molar-refractivity contribution is 7.13. The number of hydrogen-bond donors (Lipinski definition) is 1. The Balaban J connectivity index is 1.79. The number of nitrogens with zero attached hydrogens (tertiary/aromatic N) is 2. The van der Waals surface area contributed by atoms with Crippen LogP contribution in [0.25, 0.3) is 0 Å². The monoisotopic (exact) mass is 411 g/mol. The molecule has 0 atom stereocenters. The highest BCUT2D eigenvalue weighted by Crippen LogP contribution is 2.26. The third-order valence-electron chi connectivity index (χ3n) is 4.38. The van der Waals surface area contributed by atoms with Gasteiger partial charge in [-0.05, 0) is 31.0 Å². The first kappa shape index (κ1) is 19.1. The summed E-state index contributed by atoms with van der Waals surface area (Å²) in [6.45, 7) is -0.0206. The van der Waals surface area contributed by atoms with Crippen molar-refractivity contribution in [2.75, 3.05) is 11.9 Å². The van der Waals surface area contributed by atoms with Crippen molar-refractivity contribution in [1.82, 2.24) is 9.88 Å². The van der Waals surface area contributed by atoms with E-state index in [1.165, 1.54) is 11.3 Å². The molecular formula is C18H19Cl2N3O2S. The standard InChI is InChI=1S/C18H19Cl2N3O2S/c19-13-8-12(9-14(20)10-13)17(25)23(15-4-2-1-3-5-15)11-16(24)22-18-21-6-7-26-18/h6-10,15H,1-5,11H2,(H,21,22,24). The normalized spacial score (nSPS) is 14.8. The highest BCUT2D eigenvalue weighted by Gasteiger charge is 2.28. The third kappa shape index (κ3) is 4.96. The fourth-order valence-corrected chi connectivity index (χ4v) is 4.27. The SMILES string of the molecule is O=C(CN(C(=O)c1cc(Cl)cc(Cl)c1)C1CCCCC1)Nc1nccs1. The van der Waals surface area contributed by atoms with E-state index in [4.69, 9.17) is 23.2 Å². The minimum absolute atomic E-state index is 0.0206. The average Bonchev–Trinajstić information content (AvgIpc) is 3.12. The van der Waals surface area contributed by atoms with Crippen molar-refractivity contribution in [2.45, 2.75) is 38.1 Å². The van der Waals surface area contributed by atoms with Gasteiger partial charge in [-0.15, -0.1) is 11.3 Å². The van der Waals surface area contributed by atoms with Crippen LogP contribution >= 0.6 is 34.5 Å². The lowest BCUT2D eigenvalue weighted by atomic mass is 9.93. The molecule has 2 aromatic rings. The Bertz CT molecular complexity index is 756. The molecule has 1 saturated carbocycles. The number of rotatable bonds is 5. The van der Waals surface area contributed by atoms with Crippen molar-refractivity contribution in [3.05, 3.63) is 45.4 Å². The molecule has 0 saturated heterocycles. The second kappa shape index (κ2) is 8.84. The summed E-state index contributed by atoms with van der Waals surface area (Å²) in [6, 6.07) is 4.80. The van der Waals surface area contributed by atoms with Crippen LogP contribution < -0.4 is 5.32 Å². The fraction of sp³-hybridized carbons (Fsp3) is 0.389. The van der Waals surface area contributed by atoms with Gasteiger partial charge in [0.1, 0.15) is 6.54 Å². The van der Waals surface area contributed by atoms with Crippen LogP contribution in [0.5, 0.6) is 0 Å². The molecule has 2 amide bonds.